The standard InChI is InChI=1S/C49H86FN5O12/c1-16-28(4)21-35(26-50)55-27-34(51-53-55)19-20-54(13)37-22-30(6)64-46(40(37)52-60)67-44-36(17-2)42(66-39-25-47(10,61-14)24-31(7)63-39)33(9)45(58)65-38(18-3)49(12,59)43(57)32(8)41(56)29(5)23-48(44,11)62-15/h27,29-33,35-40,42-44,46,51,53,57,59H,4,16-26H2,1-3,5-15H3/t29-,30-,31+,32+,33-,35+,36+,37+,38-,39+,40-,42-,43-,44-,46+,47+,48-,49-/m1/s1. The molecular formula is C49H86FN5O12. The molecule has 0 unspecified atom stereocenters. The highest BCUT2D eigenvalue weighted by Gasteiger charge is 2.54. The number of nitrogens with zero attached hydrogens (tertiary/aromatic N) is 3. The number of ketones is 1. The van der Waals surface area contributed by atoms with Crippen molar-refractivity contribution in [3.8, 4) is 0 Å². The molecular weight excluding hydrogens is 870 g/mol. The lowest BCUT2D eigenvalue weighted by Gasteiger charge is -2.50. The van der Waals surface area contributed by atoms with Crippen LogP contribution in [0.5, 0.6) is 0 Å². The van der Waals surface area contributed by atoms with Gasteiger partial charge < -0.3 is 53.7 Å². The number of hydrogen-bond acceptors (Lipinski definition) is 17. The minimum absolute atomic E-state index is 0.0813. The van der Waals surface area contributed by atoms with E-state index in [9.17, 15) is 29.1 Å². The number of nitrogens with one attached hydrogen (secondary N) is 2. The summed E-state index contributed by atoms with van der Waals surface area (Å²) < 4.78 is 59.6. The molecule has 0 aromatic carbocycles. The molecule has 3 saturated heterocycles. The van der Waals surface area contributed by atoms with Gasteiger partial charge in [0.2, 0.25) is 0 Å². The number of methoxy groups -OCH3 is 2. The van der Waals surface area contributed by atoms with Gasteiger partial charge in [-0.1, -0.05) is 51.9 Å². The molecule has 18 heteroatoms. The van der Waals surface area contributed by atoms with Crippen LogP contribution in [0.15, 0.2) is 29.2 Å². The summed E-state index contributed by atoms with van der Waals surface area (Å²) in [6.45, 7) is 23.7. The van der Waals surface area contributed by atoms with E-state index >= 15 is 0 Å². The van der Waals surface area contributed by atoms with E-state index in [2.05, 4.69) is 27.6 Å². The summed E-state index contributed by atoms with van der Waals surface area (Å²) in [6, 6.07) is -1.87. The van der Waals surface area contributed by atoms with Crippen LogP contribution in [0.25, 0.3) is 0 Å². The van der Waals surface area contributed by atoms with E-state index in [1.165, 1.54) is 14.0 Å². The predicted octanol–water partition coefficient (Wildman–Crippen LogP) is 6.25. The molecule has 4 heterocycles. The molecule has 4 rings (SSSR count). The van der Waals surface area contributed by atoms with Gasteiger partial charge in [0.1, 0.15) is 24.2 Å². The number of hydrazine groups is 2. The van der Waals surface area contributed by atoms with Crippen LogP contribution in [0.4, 0.5) is 4.39 Å². The van der Waals surface area contributed by atoms with Gasteiger partial charge in [-0.15, -0.1) is 5.53 Å². The first kappa shape index (κ1) is 56.9. The minimum Gasteiger partial charge on any atom is -0.459 e. The summed E-state index contributed by atoms with van der Waals surface area (Å²) in [6.07, 6.45) is -1.73. The molecule has 0 saturated carbocycles. The largest absolute Gasteiger partial charge is 0.459 e. The summed E-state index contributed by atoms with van der Waals surface area (Å²) in [5.74, 6) is -4.52. The van der Waals surface area contributed by atoms with Crippen LogP contribution in [0, 0.1) is 28.6 Å². The number of hydrogen-bond donors (Lipinski definition) is 4. The lowest BCUT2D eigenvalue weighted by atomic mass is 9.73. The van der Waals surface area contributed by atoms with Crippen LogP contribution in [0.3, 0.4) is 0 Å². The van der Waals surface area contributed by atoms with Gasteiger partial charge in [0.25, 0.3) is 0 Å². The quantitative estimate of drug-likeness (QED) is 0.0682. The molecule has 18 atom stereocenters. The van der Waals surface area contributed by atoms with Crippen LogP contribution in [0.1, 0.15) is 134 Å². The van der Waals surface area contributed by atoms with Gasteiger partial charge in [-0.2, -0.15) is 4.91 Å². The molecule has 0 aromatic rings. The first-order valence-electron chi connectivity index (χ1n) is 24.6. The first-order valence-corrected chi connectivity index (χ1v) is 24.6. The predicted molar refractivity (Wildman–Crippen MR) is 251 cm³/mol. The Hall–Kier alpha value is -2.65. The molecule has 17 nitrogen and oxygen atoms in total. The van der Waals surface area contributed by atoms with Gasteiger partial charge in [0, 0.05) is 75.7 Å². The van der Waals surface area contributed by atoms with Crippen LogP contribution in [-0.2, 0) is 42.7 Å². The molecule has 67 heavy (non-hydrogen) atoms. The number of likely N-dealkylation sites (N-methyl/N-ethyl adjacent to an activating group) is 1. The summed E-state index contributed by atoms with van der Waals surface area (Å²) in [5, 5.41) is 28.9. The highest BCUT2D eigenvalue weighted by Crippen LogP contribution is 2.43. The monoisotopic (exact) mass is 956 g/mol. The molecule has 4 aliphatic heterocycles. The Bertz CT molecular complexity index is 1680. The zero-order chi connectivity index (χ0) is 50.2. The molecule has 3 fully saturated rings. The molecule has 0 bridgehead atoms. The van der Waals surface area contributed by atoms with E-state index in [1.807, 2.05) is 54.8 Å². The van der Waals surface area contributed by atoms with Crippen molar-refractivity contribution in [2.45, 2.75) is 218 Å². The second kappa shape index (κ2) is 24.5. The Kier molecular flexibility index (Phi) is 20.8. The van der Waals surface area contributed by atoms with Gasteiger partial charge in [0.15, 0.2) is 18.6 Å². The maximum absolute atomic E-state index is 14.6. The highest BCUT2D eigenvalue weighted by atomic mass is 19.1. The maximum atomic E-state index is 14.6. The molecule has 0 aromatic heterocycles. The number of alkyl halides is 1. The summed E-state index contributed by atoms with van der Waals surface area (Å²) >= 11 is 0. The fourth-order valence-corrected chi connectivity index (χ4v) is 10.8. The number of rotatable bonds is 18. The number of esters is 1. The zero-order valence-electron chi connectivity index (χ0n) is 42.9. The van der Waals surface area contributed by atoms with Crippen molar-refractivity contribution in [2.24, 2.45) is 28.8 Å². The third-order valence-electron chi connectivity index (χ3n) is 15.3. The first-order chi connectivity index (χ1) is 31.5. The fourth-order valence-electron chi connectivity index (χ4n) is 10.8. The van der Waals surface area contributed by atoms with E-state index in [0.717, 1.165) is 17.7 Å². The van der Waals surface area contributed by atoms with Crippen molar-refractivity contribution in [2.75, 3.05) is 34.5 Å². The number of aliphatic hydroxyl groups excluding tert-OH is 1. The molecule has 386 valence electrons. The molecule has 0 spiro atoms. The third-order valence-corrected chi connectivity index (χ3v) is 15.3. The summed E-state index contributed by atoms with van der Waals surface area (Å²) in [4.78, 5) is 44.1. The van der Waals surface area contributed by atoms with Crippen LogP contribution < -0.4 is 11.0 Å². The number of halogens is 1. The molecule has 4 aliphatic rings. The third kappa shape index (κ3) is 13.6. The van der Waals surface area contributed by atoms with Crippen molar-refractivity contribution in [1.29, 1.82) is 0 Å². The Morgan fingerprint density at radius 3 is 2.28 bits per heavy atom. The van der Waals surface area contributed by atoms with E-state index in [4.69, 9.17) is 33.2 Å². The highest BCUT2D eigenvalue weighted by molar-refractivity contribution is 5.83. The number of cyclic esters (lactones) is 1. The number of Topliss-reactive ketones (excluding diaryl/α,β-unsaturated/α-hetero) is 1. The molecule has 0 aliphatic carbocycles. The van der Waals surface area contributed by atoms with Crippen LogP contribution in [0.2, 0.25) is 0 Å². The van der Waals surface area contributed by atoms with E-state index in [0.29, 0.717) is 45.1 Å². The number of aliphatic hydroxyl groups is 2. The topological polar surface area (TPSA) is 199 Å². The number of carbonyl (C=O) groups excluding carboxylic acids is 2. The van der Waals surface area contributed by atoms with Crippen molar-refractivity contribution in [1.82, 2.24) is 20.9 Å². The second-order valence-electron chi connectivity index (χ2n) is 20.6. The van der Waals surface area contributed by atoms with E-state index in [-0.39, 0.29) is 30.8 Å². The average Bonchev–Trinajstić information content (AvgIpc) is 3.77. The average molecular weight is 956 g/mol. The molecule has 0 amide bonds. The lowest BCUT2D eigenvalue weighted by molar-refractivity contribution is -0.299. The van der Waals surface area contributed by atoms with Gasteiger partial charge in [-0.3, -0.25) is 14.6 Å². The molecule has 0 radical (unpaired) electrons. The van der Waals surface area contributed by atoms with E-state index in [1.54, 1.807) is 39.8 Å². The minimum atomic E-state index is -1.98. The summed E-state index contributed by atoms with van der Waals surface area (Å²) in [5.41, 5.74) is 4.13. The molecule has 4 N–H and O–H groups in total. The number of nitroso groups, excluding NO2 is 1. The Morgan fingerprint density at radius 2 is 1.70 bits per heavy atom. The normalized spacial score (nSPS) is 41.0. The SMILES string of the molecule is C=C(CC)C[C@@H](CF)N1C=C(CCN(C)[C@H]2C[C@@H](C)O[C@@H](O[C@@H]3[C@@H](CC)[C@H](O[C@H]4C[C@@](C)(OC)C[C@H](C)O4)[C@@H](C)C(=O)O[C@H](CC)[C@@](C)(O)[C@H](O)[C@@H](C)C(=O)[C@H](C)C[C@@]3(C)OC)[C@@H]2N=O)NN1. The van der Waals surface area contributed by atoms with Gasteiger partial charge in [0.05, 0.1) is 53.7 Å². The van der Waals surface area contributed by atoms with Gasteiger partial charge >= 0.3 is 5.97 Å². The van der Waals surface area contributed by atoms with Gasteiger partial charge in [-0.25, -0.2) is 4.39 Å². The second-order valence-corrected chi connectivity index (χ2v) is 20.6. The van der Waals surface area contributed by atoms with Gasteiger partial charge in [-0.05, 0) is 87.1 Å². The Labute approximate surface area is 399 Å². The maximum Gasteiger partial charge on any atom is 0.311 e. The summed E-state index contributed by atoms with van der Waals surface area (Å²) in [7, 11) is 5.09. The van der Waals surface area contributed by atoms with E-state index < -0.39 is 108 Å². The number of carbonyl (C=O) groups is 2. The van der Waals surface area contributed by atoms with Crippen molar-refractivity contribution in [3.63, 3.8) is 0 Å². The van der Waals surface area contributed by atoms with Crippen molar-refractivity contribution < 1.29 is 57.4 Å². The van der Waals surface area contributed by atoms with Crippen LogP contribution >= 0.6 is 0 Å². The zero-order valence-corrected chi connectivity index (χ0v) is 42.9. The Morgan fingerprint density at radius 1 is 1.01 bits per heavy atom. The van der Waals surface area contributed by atoms with Crippen molar-refractivity contribution >= 4 is 11.8 Å². The van der Waals surface area contributed by atoms with Crippen molar-refractivity contribution in [3.05, 3.63) is 29.0 Å². The van der Waals surface area contributed by atoms with Crippen LogP contribution in [-0.4, -0.2) is 150 Å². The lowest BCUT2D eigenvalue weighted by Crippen LogP contribution is -2.61. The Balaban J connectivity index is 1.78. The smallest absolute Gasteiger partial charge is 0.311 e. The number of ether oxygens (including phenoxy) is 7. The fraction of sp³-hybridized carbons (Fsp3) is 0.878.